The van der Waals surface area contributed by atoms with Crippen LogP contribution < -0.4 is 5.32 Å². The topological polar surface area (TPSA) is 64.7 Å². The van der Waals surface area contributed by atoms with E-state index in [9.17, 15) is 9.18 Å². The van der Waals surface area contributed by atoms with Gasteiger partial charge in [0, 0.05) is 11.6 Å². The quantitative estimate of drug-likeness (QED) is 0.676. The van der Waals surface area contributed by atoms with E-state index < -0.39 is 5.82 Å². The van der Waals surface area contributed by atoms with Crippen LogP contribution in [0, 0.1) is 19.7 Å². The Morgan fingerprint density at radius 2 is 1.96 bits per heavy atom. The fourth-order valence-corrected chi connectivity index (χ4v) is 3.30. The van der Waals surface area contributed by atoms with Gasteiger partial charge in [-0.3, -0.25) is 14.2 Å². The van der Waals surface area contributed by atoms with Crippen LogP contribution in [-0.4, -0.2) is 25.5 Å². The zero-order valence-electron chi connectivity index (χ0n) is 15.1. The molecular formula is C18H18Cl2FN5O. The minimum absolute atomic E-state index is 0.287. The van der Waals surface area contributed by atoms with Crippen LogP contribution in [-0.2, 0) is 13.1 Å². The summed E-state index contributed by atoms with van der Waals surface area (Å²) in [7, 11) is 0. The van der Waals surface area contributed by atoms with Crippen LogP contribution in [0.15, 0.2) is 24.4 Å². The minimum atomic E-state index is -0.394. The van der Waals surface area contributed by atoms with Gasteiger partial charge in [0.2, 0.25) is 0 Å². The van der Waals surface area contributed by atoms with Gasteiger partial charge in [-0.2, -0.15) is 10.2 Å². The molecule has 0 aliphatic carbocycles. The number of hydrogen-bond donors (Lipinski definition) is 1. The van der Waals surface area contributed by atoms with E-state index in [2.05, 4.69) is 15.5 Å². The average Bonchev–Trinajstić information content (AvgIpc) is 3.12. The van der Waals surface area contributed by atoms with Crippen molar-refractivity contribution in [2.75, 3.05) is 5.32 Å². The van der Waals surface area contributed by atoms with Crippen molar-refractivity contribution < 1.29 is 9.18 Å². The predicted octanol–water partition coefficient (Wildman–Crippen LogP) is 4.46. The summed E-state index contributed by atoms with van der Waals surface area (Å²) in [5, 5.41) is 12.0. The lowest BCUT2D eigenvalue weighted by Gasteiger charge is -2.09. The third kappa shape index (κ3) is 3.84. The number of carbonyl (C=O) groups is 1. The molecule has 0 aliphatic rings. The number of nitrogens with one attached hydrogen (secondary N) is 1. The second-order valence-electron chi connectivity index (χ2n) is 6.05. The molecule has 2 aromatic heterocycles. The molecule has 3 rings (SSSR count). The Kier molecular flexibility index (Phi) is 5.53. The fourth-order valence-electron chi connectivity index (χ4n) is 2.84. The highest BCUT2D eigenvalue weighted by Crippen LogP contribution is 2.25. The summed E-state index contributed by atoms with van der Waals surface area (Å²) < 4.78 is 16.5. The van der Waals surface area contributed by atoms with Crippen molar-refractivity contribution in [1.29, 1.82) is 0 Å². The first-order valence-corrected chi connectivity index (χ1v) is 9.08. The maximum absolute atomic E-state index is 13.2. The Balaban J connectivity index is 1.87. The van der Waals surface area contributed by atoms with Crippen LogP contribution in [0.25, 0.3) is 0 Å². The summed E-state index contributed by atoms with van der Waals surface area (Å²) in [6.07, 6.45) is 1.44. The van der Waals surface area contributed by atoms with Crippen molar-refractivity contribution in [1.82, 2.24) is 19.6 Å². The summed E-state index contributed by atoms with van der Waals surface area (Å²) in [6.45, 7) is 6.39. The molecule has 0 radical (unpaired) electrons. The highest BCUT2D eigenvalue weighted by molar-refractivity contribution is 6.34. The number of aromatic nitrogens is 4. The van der Waals surface area contributed by atoms with E-state index in [0.717, 1.165) is 11.3 Å². The first kappa shape index (κ1) is 19.4. The third-order valence-corrected chi connectivity index (χ3v) is 4.89. The molecule has 1 amide bonds. The van der Waals surface area contributed by atoms with E-state index >= 15 is 0 Å². The number of hydrogen-bond acceptors (Lipinski definition) is 3. The summed E-state index contributed by atoms with van der Waals surface area (Å²) in [5.41, 5.74) is 3.02. The van der Waals surface area contributed by atoms with Crippen molar-refractivity contribution in [2.45, 2.75) is 33.9 Å². The molecule has 2 heterocycles. The zero-order chi connectivity index (χ0) is 19.7. The van der Waals surface area contributed by atoms with Gasteiger partial charge in [-0.15, -0.1) is 0 Å². The van der Waals surface area contributed by atoms with E-state index in [-0.39, 0.29) is 10.9 Å². The number of nitrogens with zero attached hydrogens (tertiary/aromatic N) is 4. The molecule has 0 bridgehead atoms. The molecule has 3 aromatic rings. The predicted molar refractivity (Wildman–Crippen MR) is 103 cm³/mol. The van der Waals surface area contributed by atoms with Crippen LogP contribution in [0.1, 0.15) is 34.4 Å². The standard InChI is InChI=1S/C18H18Cl2FN5O/c1-4-25-17(15(20)8-22-25)18(27)23-16-10(2)24-26(11(16)3)9-12-5-6-13(21)7-14(12)19/h5-8H,4,9H2,1-3H3,(H,23,27). The van der Waals surface area contributed by atoms with Gasteiger partial charge in [0.25, 0.3) is 5.91 Å². The van der Waals surface area contributed by atoms with Crippen LogP contribution >= 0.6 is 23.2 Å². The van der Waals surface area contributed by atoms with Crippen molar-refractivity contribution in [3.8, 4) is 0 Å². The minimum Gasteiger partial charge on any atom is -0.317 e. The first-order valence-electron chi connectivity index (χ1n) is 8.32. The molecule has 0 spiro atoms. The Morgan fingerprint density at radius 3 is 2.63 bits per heavy atom. The Bertz CT molecular complexity index is 1010. The van der Waals surface area contributed by atoms with Crippen LogP contribution in [0.2, 0.25) is 10.0 Å². The lowest BCUT2D eigenvalue weighted by Crippen LogP contribution is -2.18. The van der Waals surface area contributed by atoms with Gasteiger partial charge < -0.3 is 5.32 Å². The molecule has 0 saturated carbocycles. The Hall–Kier alpha value is -2.38. The van der Waals surface area contributed by atoms with Crippen LogP contribution in [0.5, 0.6) is 0 Å². The molecule has 0 atom stereocenters. The number of anilines is 1. The van der Waals surface area contributed by atoms with Crippen molar-refractivity contribution >= 4 is 34.8 Å². The normalized spacial score (nSPS) is 11.0. The summed E-state index contributed by atoms with van der Waals surface area (Å²) >= 11 is 12.2. The SMILES string of the molecule is CCn1ncc(Cl)c1C(=O)Nc1c(C)nn(Cc2ccc(F)cc2Cl)c1C. The van der Waals surface area contributed by atoms with E-state index in [0.29, 0.717) is 35.2 Å². The number of halogens is 3. The number of rotatable bonds is 5. The van der Waals surface area contributed by atoms with E-state index in [1.807, 2.05) is 13.8 Å². The molecule has 1 N–H and O–H groups in total. The van der Waals surface area contributed by atoms with E-state index in [4.69, 9.17) is 23.2 Å². The Morgan fingerprint density at radius 1 is 1.22 bits per heavy atom. The monoisotopic (exact) mass is 409 g/mol. The fraction of sp³-hybridized carbons (Fsp3) is 0.278. The van der Waals surface area contributed by atoms with Crippen molar-refractivity contribution in [3.05, 3.63) is 62.9 Å². The number of carbonyl (C=O) groups excluding carboxylic acids is 1. The molecular weight excluding hydrogens is 392 g/mol. The molecule has 9 heteroatoms. The lowest BCUT2D eigenvalue weighted by molar-refractivity contribution is 0.101. The van der Waals surface area contributed by atoms with Crippen molar-refractivity contribution in [3.63, 3.8) is 0 Å². The van der Waals surface area contributed by atoms with Crippen LogP contribution in [0.3, 0.4) is 0 Å². The number of benzene rings is 1. The molecule has 142 valence electrons. The highest BCUT2D eigenvalue weighted by atomic mass is 35.5. The maximum Gasteiger partial charge on any atom is 0.275 e. The summed E-state index contributed by atoms with van der Waals surface area (Å²) in [4.78, 5) is 12.7. The highest BCUT2D eigenvalue weighted by Gasteiger charge is 2.21. The third-order valence-electron chi connectivity index (χ3n) is 4.26. The maximum atomic E-state index is 13.2. The van der Waals surface area contributed by atoms with Gasteiger partial charge >= 0.3 is 0 Å². The largest absolute Gasteiger partial charge is 0.317 e. The molecule has 0 unspecified atom stereocenters. The molecule has 0 aliphatic heterocycles. The van der Waals surface area contributed by atoms with Crippen LogP contribution in [0.4, 0.5) is 10.1 Å². The summed E-state index contributed by atoms with van der Waals surface area (Å²) in [5.74, 6) is -0.751. The molecule has 0 fully saturated rings. The molecule has 6 nitrogen and oxygen atoms in total. The van der Waals surface area contributed by atoms with Gasteiger partial charge in [0.05, 0.1) is 34.8 Å². The van der Waals surface area contributed by atoms with Crippen molar-refractivity contribution in [2.24, 2.45) is 0 Å². The van der Waals surface area contributed by atoms with Gasteiger partial charge in [-0.25, -0.2) is 4.39 Å². The van der Waals surface area contributed by atoms with Gasteiger partial charge in [0.15, 0.2) is 0 Å². The summed E-state index contributed by atoms with van der Waals surface area (Å²) in [6, 6.07) is 4.23. The first-order chi connectivity index (χ1) is 12.8. The van der Waals surface area contributed by atoms with Gasteiger partial charge in [-0.1, -0.05) is 29.3 Å². The molecule has 27 heavy (non-hydrogen) atoms. The van der Waals surface area contributed by atoms with Gasteiger partial charge in [0.1, 0.15) is 11.5 Å². The Labute approximate surface area is 165 Å². The second kappa shape index (κ2) is 7.70. The molecule has 0 saturated heterocycles. The zero-order valence-corrected chi connectivity index (χ0v) is 16.6. The molecule has 1 aromatic carbocycles. The lowest BCUT2D eigenvalue weighted by atomic mass is 10.2. The van der Waals surface area contributed by atoms with Gasteiger partial charge in [-0.05, 0) is 38.5 Å². The smallest absolute Gasteiger partial charge is 0.275 e. The number of aryl methyl sites for hydroxylation is 2. The second-order valence-corrected chi connectivity index (χ2v) is 6.86. The van der Waals surface area contributed by atoms with E-state index in [1.165, 1.54) is 23.0 Å². The van der Waals surface area contributed by atoms with E-state index in [1.54, 1.807) is 17.7 Å². The number of amides is 1. The average molecular weight is 410 g/mol.